The Labute approximate surface area is 427 Å². The molecule has 9 heterocycles. The molecular weight excluding hydrogens is 1180 g/mol. The van der Waals surface area contributed by atoms with Crippen LogP contribution in [0.25, 0.3) is 0 Å². The minimum absolute atomic E-state index is 0. The van der Waals surface area contributed by atoms with E-state index in [0.717, 1.165) is 78.9 Å². The van der Waals surface area contributed by atoms with Crippen molar-refractivity contribution in [2.75, 3.05) is 43.6 Å². The number of carbonyl (C=O) groups is 1. The fraction of sp³-hybridized carbons (Fsp3) is 0.432. The van der Waals surface area contributed by atoms with Gasteiger partial charge in [0.2, 0.25) is 33.5 Å². The van der Waals surface area contributed by atoms with Crippen molar-refractivity contribution < 1.29 is 50.2 Å². The Hall–Kier alpha value is -3.64. The van der Waals surface area contributed by atoms with E-state index in [0.29, 0.717) is 32.8 Å². The van der Waals surface area contributed by atoms with E-state index in [9.17, 15) is 21.6 Å². The van der Waals surface area contributed by atoms with Crippen LogP contribution in [-0.2, 0) is 51.1 Å². The van der Waals surface area contributed by atoms with E-state index in [1.54, 1.807) is 18.6 Å². The fourth-order valence-corrected chi connectivity index (χ4v) is 10.0. The Morgan fingerprint density at radius 3 is 1.69 bits per heavy atom. The van der Waals surface area contributed by atoms with E-state index in [1.165, 1.54) is 46.4 Å². The number of ketones is 1. The number of nitrogens with one attached hydrogen (secondary N) is 1. The first-order valence-electron chi connectivity index (χ1n) is 19.6. The van der Waals surface area contributed by atoms with Crippen LogP contribution in [0.2, 0.25) is 15.1 Å². The smallest absolute Gasteiger partial charge is 0.346 e. The summed E-state index contributed by atoms with van der Waals surface area (Å²) in [6, 6.07) is 4.56. The number of benzene rings is 1. The zero-order valence-electron chi connectivity index (χ0n) is 35.5. The molecule has 372 valence electrons. The summed E-state index contributed by atoms with van der Waals surface area (Å²) in [7, 11) is -7.90. The van der Waals surface area contributed by atoms with Crippen molar-refractivity contribution in [2.45, 2.75) is 68.1 Å². The maximum absolute atomic E-state index is 12.4. The molecule has 10 rings (SSSR count). The number of sulfonamides is 1. The first-order valence-corrected chi connectivity index (χ1v) is 26.8. The zero-order chi connectivity index (χ0) is 47.0. The van der Waals surface area contributed by atoms with Crippen molar-refractivity contribution in [3.05, 3.63) is 74.8 Å². The van der Waals surface area contributed by atoms with Gasteiger partial charge in [-0.05, 0) is 40.6 Å². The lowest BCUT2D eigenvalue weighted by Gasteiger charge is -2.16. The number of fused-ring (bicyclic) bond motifs is 4. The molecule has 5 aliphatic rings. The Kier molecular flexibility index (Phi) is 24.2. The third-order valence-electron chi connectivity index (χ3n) is 8.63. The lowest BCUT2D eigenvalue weighted by Crippen LogP contribution is -2.18. The van der Waals surface area contributed by atoms with Crippen LogP contribution >= 0.6 is 82.6 Å². The van der Waals surface area contributed by atoms with Gasteiger partial charge in [0.1, 0.15) is 0 Å². The first-order chi connectivity index (χ1) is 31.1. The van der Waals surface area contributed by atoms with Crippen LogP contribution in [0.1, 0.15) is 32.1 Å². The van der Waals surface area contributed by atoms with Gasteiger partial charge in [-0.3, -0.25) is 4.79 Å². The molecule has 4 aromatic heterocycles. The summed E-state index contributed by atoms with van der Waals surface area (Å²) in [6.07, 6.45) is 14.0. The van der Waals surface area contributed by atoms with Crippen LogP contribution in [0.4, 0.5) is 0 Å². The monoisotopic (exact) mass is 1230 g/mol. The van der Waals surface area contributed by atoms with Gasteiger partial charge in [0.25, 0.3) is 0 Å². The Morgan fingerprint density at radius 2 is 1.22 bits per heavy atom. The topological polar surface area (TPSA) is 307 Å². The predicted octanol–water partition coefficient (Wildman–Crippen LogP) is 5.98. The molecule has 0 radical (unpaired) electrons. The van der Waals surface area contributed by atoms with E-state index in [4.69, 9.17) is 63.1 Å². The summed E-state index contributed by atoms with van der Waals surface area (Å²) in [5, 5.41) is 26.1. The van der Waals surface area contributed by atoms with Crippen molar-refractivity contribution in [3.8, 4) is 29.3 Å². The molecule has 0 bridgehead atoms. The highest BCUT2D eigenvalue weighted by Gasteiger charge is 2.30. The van der Waals surface area contributed by atoms with Gasteiger partial charge in [0, 0.05) is 79.8 Å². The molecule has 5 aromatic rings. The van der Waals surface area contributed by atoms with E-state index in [1.807, 2.05) is 15.4 Å². The highest BCUT2D eigenvalue weighted by molar-refractivity contribution is 9.10. The van der Waals surface area contributed by atoms with Crippen molar-refractivity contribution in [3.63, 3.8) is 0 Å². The molecule has 0 unspecified atom stereocenters. The fourth-order valence-electron chi connectivity index (χ4n) is 5.68. The van der Waals surface area contributed by atoms with E-state index in [-0.39, 0.29) is 59.8 Å². The molecule has 0 spiro atoms. The average Bonchev–Trinajstić information content (AvgIpc) is 4.15. The molecule has 5 aliphatic heterocycles. The molecule has 8 N–H and O–H groups in total. The minimum Gasteiger partial charge on any atom is -0.478 e. The number of aryl methyl sites for hydroxylation is 4. The number of ether oxygens (including phenoxy) is 4. The lowest BCUT2D eigenvalue weighted by atomic mass is 10.3. The second-order valence-electron chi connectivity index (χ2n) is 13.5. The highest BCUT2D eigenvalue weighted by atomic mass is 79.9. The maximum atomic E-state index is 12.4. The van der Waals surface area contributed by atoms with Crippen molar-refractivity contribution in [1.29, 1.82) is 0 Å². The van der Waals surface area contributed by atoms with Crippen LogP contribution in [0.15, 0.2) is 69.5 Å². The number of nitrogens with zero attached hydrogens (tertiary/aromatic N) is 8. The van der Waals surface area contributed by atoms with Gasteiger partial charge in [0.15, 0.2) is 21.3 Å². The quantitative estimate of drug-likeness (QED) is 0.130. The molecule has 22 nitrogen and oxygen atoms in total. The summed E-state index contributed by atoms with van der Waals surface area (Å²) in [5.74, 6) is 2.15. The van der Waals surface area contributed by atoms with Gasteiger partial charge >= 0.3 is 10.1 Å². The van der Waals surface area contributed by atoms with Gasteiger partial charge in [-0.15, -0.1) is 0 Å². The number of rotatable bonds is 6. The standard InChI is InChI=1S/C12H9Cl3N2O4S.C6H7BrN2O.C6H9N3O3S.C6H8N2O.C4H5NO.C3H6Br2.H3N.H2O/c13-7-4-8(14)11(9(15)5-7)21-22(18,19)10-6-16-17-2-1-3-20-12(10)17;7-5-4-8-9-2-1-3-10-6(5)9;7-13(10,11)5-4-8-9-2-1-3-12-6(5)9;1-4-8-6(9-5-1)2-3-7-8;6-4-1-2-5-3-4;4-2-1-3-5;;/h4-6H,1-3H2;4H,1-3H2;4H,1-3H2,(H2,7,10,11);2-3H,1,4-5H2;1-2,5H,3H2;1-3H2;1H3;1H2. The van der Waals surface area contributed by atoms with E-state index < -0.39 is 20.1 Å². The van der Waals surface area contributed by atoms with Crippen LogP contribution < -0.4 is 39.7 Å². The largest absolute Gasteiger partial charge is 0.478 e. The molecule has 0 saturated heterocycles. The number of halogens is 6. The summed E-state index contributed by atoms with van der Waals surface area (Å²) in [5.41, 5.74) is 0. The third-order valence-corrected chi connectivity index (χ3v) is 13.2. The summed E-state index contributed by atoms with van der Waals surface area (Å²) >= 11 is 27.6. The van der Waals surface area contributed by atoms with Gasteiger partial charge in [-0.1, -0.05) is 66.7 Å². The summed E-state index contributed by atoms with van der Waals surface area (Å²) < 4.78 is 80.7. The Bertz CT molecular complexity index is 2570. The third kappa shape index (κ3) is 17.1. The average molecular weight is 1230 g/mol. The molecule has 67 heavy (non-hydrogen) atoms. The number of hydrogen-bond donors (Lipinski definition) is 3. The number of carbonyl (C=O) groups excluding carboxylic acids is 1. The molecular formula is C37H49Br3Cl3N11O11S2. The van der Waals surface area contributed by atoms with Crippen LogP contribution in [-0.4, -0.2) is 111 Å². The van der Waals surface area contributed by atoms with E-state index >= 15 is 0 Å². The number of aromatic nitrogens is 8. The van der Waals surface area contributed by atoms with Crippen molar-refractivity contribution in [1.82, 2.24) is 50.6 Å². The van der Waals surface area contributed by atoms with Crippen molar-refractivity contribution >= 4 is 109 Å². The second kappa shape index (κ2) is 28.1. The van der Waals surface area contributed by atoms with Gasteiger partial charge in [0.05, 0.1) is 72.3 Å². The summed E-state index contributed by atoms with van der Waals surface area (Å²) in [4.78, 5) is 9.89. The molecule has 1 aromatic carbocycles. The normalized spacial score (nSPS) is 14.8. The number of alkyl halides is 2. The lowest BCUT2D eigenvalue weighted by molar-refractivity contribution is -0.113. The van der Waals surface area contributed by atoms with Crippen LogP contribution in [0, 0.1) is 0 Å². The van der Waals surface area contributed by atoms with Crippen molar-refractivity contribution in [2.24, 2.45) is 5.14 Å². The molecule has 0 aliphatic carbocycles. The predicted molar refractivity (Wildman–Crippen MR) is 261 cm³/mol. The van der Waals surface area contributed by atoms with Gasteiger partial charge in [-0.25, -0.2) is 32.3 Å². The molecule has 0 fully saturated rings. The summed E-state index contributed by atoms with van der Waals surface area (Å²) in [6.45, 7) is 6.28. The van der Waals surface area contributed by atoms with Gasteiger partial charge < -0.3 is 40.1 Å². The molecule has 0 amide bonds. The van der Waals surface area contributed by atoms with Gasteiger partial charge in [-0.2, -0.15) is 28.8 Å². The number of hydrogen-bond acceptors (Lipinski definition) is 16. The molecule has 30 heteroatoms. The Balaban J connectivity index is 0.000000228. The number of primary sulfonamides is 1. The van der Waals surface area contributed by atoms with Crippen LogP contribution in [0.5, 0.6) is 29.3 Å². The van der Waals surface area contributed by atoms with Crippen LogP contribution in [0.3, 0.4) is 0 Å². The minimum atomic E-state index is -4.19. The number of nitrogens with two attached hydrogens (primary N) is 1. The Morgan fingerprint density at radius 1 is 0.731 bits per heavy atom. The zero-order valence-corrected chi connectivity index (χ0v) is 44.2. The maximum Gasteiger partial charge on any atom is 0.346 e. The molecule has 0 atom stereocenters. The first kappa shape index (κ1) is 57.7. The molecule has 0 saturated carbocycles. The van der Waals surface area contributed by atoms with E-state index in [2.05, 4.69) is 73.5 Å². The highest BCUT2D eigenvalue weighted by Crippen LogP contribution is 2.39. The second-order valence-corrected chi connectivity index (χ2v) is 20.2. The SMILES string of the molecule is BrCCCBr.Brc1cnn2c1OCCC2.N.NS(=O)(=O)c1cnn2c1OCCC2.O.O=C1C=CNC1.O=S(=O)(Oc1c(Cl)cc(Cl)cc1Cl)c1cnn2c1OCCC2.c1cc2n(n1)CCCO2.